The van der Waals surface area contributed by atoms with Gasteiger partial charge in [-0.25, -0.2) is 8.42 Å². The number of sulfonamides is 1. The molecule has 0 atom stereocenters. The van der Waals surface area contributed by atoms with E-state index in [1.54, 1.807) is 12.1 Å². The first-order valence-corrected chi connectivity index (χ1v) is 9.66. The lowest BCUT2D eigenvalue weighted by molar-refractivity contribution is -0.147. The minimum absolute atomic E-state index is 0.0242. The second-order valence-electron chi connectivity index (χ2n) is 5.48. The Morgan fingerprint density at radius 2 is 2.00 bits per heavy atom. The summed E-state index contributed by atoms with van der Waals surface area (Å²) in [5.74, 6) is -0.785. The minimum Gasteiger partial charge on any atom is -0.455 e. The molecule has 1 aromatic carbocycles. The number of esters is 1. The van der Waals surface area contributed by atoms with Crippen LogP contribution < -0.4 is 10.0 Å². The highest BCUT2D eigenvalue weighted by Crippen LogP contribution is 2.15. The third kappa shape index (κ3) is 7.89. The summed E-state index contributed by atoms with van der Waals surface area (Å²) in [5, 5.41) is 2.61. The predicted molar refractivity (Wildman–Crippen MR) is 92.8 cm³/mol. The lowest BCUT2D eigenvalue weighted by atomic mass is 10.1. The fourth-order valence-electron chi connectivity index (χ4n) is 1.62. The molecule has 0 fully saturated rings. The molecule has 0 aliphatic carbocycles. The van der Waals surface area contributed by atoms with Crippen LogP contribution in [0.4, 0.5) is 0 Å². The van der Waals surface area contributed by atoms with Gasteiger partial charge in [-0.15, -0.1) is 0 Å². The van der Waals surface area contributed by atoms with Crippen molar-refractivity contribution in [2.45, 2.75) is 25.2 Å². The van der Waals surface area contributed by atoms with Crippen molar-refractivity contribution >= 4 is 37.8 Å². The van der Waals surface area contributed by atoms with Crippen molar-refractivity contribution in [2.75, 3.05) is 19.7 Å². The van der Waals surface area contributed by atoms with Gasteiger partial charge in [0.15, 0.2) is 6.61 Å². The van der Waals surface area contributed by atoms with Crippen LogP contribution in [0.15, 0.2) is 33.6 Å². The highest BCUT2D eigenvalue weighted by atomic mass is 79.9. The van der Waals surface area contributed by atoms with Gasteiger partial charge in [0.25, 0.3) is 5.91 Å². The van der Waals surface area contributed by atoms with Crippen molar-refractivity contribution in [3.63, 3.8) is 0 Å². The van der Waals surface area contributed by atoms with Gasteiger partial charge in [-0.3, -0.25) is 9.59 Å². The van der Waals surface area contributed by atoms with Crippen molar-refractivity contribution in [3.05, 3.63) is 28.7 Å². The molecule has 1 aromatic rings. The summed E-state index contributed by atoms with van der Waals surface area (Å²) in [6, 6.07) is 6.07. The van der Waals surface area contributed by atoms with E-state index in [1.807, 2.05) is 13.8 Å². The molecule has 0 bridgehead atoms. The van der Waals surface area contributed by atoms with Gasteiger partial charge in [0, 0.05) is 11.0 Å². The summed E-state index contributed by atoms with van der Waals surface area (Å²) >= 11 is 3.18. The maximum absolute atomic E-state index is 12.0. The van der Waals surface area contributed by atoms with E-state index in [4.69, 9.17) is 4.74 Å². The van der Waals surface area contributed by atoms with Crippen LogP contribution in [0, 0.1) is 5.92 Å². The minimum atomic E-state index is -3.82. The summed E-state index contributed by atoms with van der Waals surface area (Å²) in [7, 11) is -3.82. The average molecular weight is 421 g/mol. The maximum Gasteiger partial charge on any atom is 0.321 e. The summed E-state index contributed by atoms with van der Waals surface area (Å²) in [6.07, 6.45) is 0.826. The van der Waals surface area contributed by atoms with Crippen molar-refractivity contribution in [1.29, 1.82) is 0 Å². The van der Waals surface area contributed by atoms with Gasteiger partial charge in [-0.1, -0.05) is 35.8 Å². The number of hydrogen-bond donors (Lipinski definition) is 2. The van der Waals surface area contributed by atoms with Gasteiger partial charge < -0.3 is 10.1 Å². The fourth-order valence-corrected chi connectivity index (χ4v) is 3.18. The molecule has 9 heteroatoms. The number of carbonyl (C=O) groups is 2. The number of rotatable bonds is 9. The second-order valence-corrected chi connectivity index (χ2v) is 8.16. The van der Waals surface area contributed by atoms with E-state index in [9.17, 15) is 18.0 Å². The van der Waals surface area contributed by atoms with E-state index in [-0.39, 0.29) is 4.90 Å². The zero-order valence-electron chi connectivity index (χ0n) is 13.5. The van der Waals surface area contributed by atoms with Gasteiger partial charge in [0.1, 0.15) is 6.54 Å². The van der Waals surface area contributed by atoms with Crippen LogP contribution in [0.3, 0.4) is 0 Å². The molecule has 1 rings (SSSR count). The van der Waals surface area contributed by atoms with Crippen LogP contribution in [0.5, 0.6) is 0 Å². The molecular formula is C15H21BrN2O5S. The van der Waals surface area contributed by atoms with Gasteiger partial charge in [-0.05, 0) is 30.5 Å². The van der Waals surface area contributed by atoms with E-state index in [1.165, 1.54) is 12.1 Å². The molecule has 0 heterocycles. The number of nitrogens with one attached hydrogen (secondary N) is 2. The summed E-state index contributed by atoms with van der Waals surface area (Å²) in [6.45, 7) is 3.58. The SMILES string of the molecule is CC(C)CCNC(=O)COC(=O)CNS(=O)(=O)c1cccc(Br)c1. The van der Waals surface area contributed by atoms with E-state index < -0.39 is 35.1 Å². The quantitative estimate of drug-likeness (QED) is 0.588. The number of benzene rings is 1. The molecule has 0 radical (unpaired) electrons. The number of amides is 1. The third-order valence-electron chi connectivity index (χ3n) is 2.92. The molecule has 0 saturated heterocycles. The van der Waals surface area contributed by atoms with E-state index >= 15 is 0 Å². The van der Waals surface area contributed by atoms with Crippen LogP contribution in [-0.2, 0) is 24.3 Å². The van der Waals surface area contributed by atoms with Crippen molar-refractivity contribution in [3.8, 4) is 0 Å². The fraction of sp³-hybridized carbons (Fsp3) is 0.467. The molecular weight excluding hydrogens is 400 g/mol. The average Bonchev–Trinajstić information content (AvgIpc) is 2.50. The largest absolute Gasteiger partial charge is 0.455 e. The molecule has 0 aromatic heterocycles. The monoisotopic (exact) mass is 420 g/mol. The molecule has 134 valence electrons. The zero-order valence-corrected chi connectivity index (χ0v) is 15.9. The van der Waals surface area contributed by atoms with E-state index in [2.05, 4.69) is 26.0 Å². The maximum atomic E-state index is 12.0. The normalized spacial score (nSPS) is 11.3. The predicted octanol–water partition coefficient (Wildman–Crippen LogP) is 1.43. The Morgan fingerprint density at radius 3 is 2.62 bits per heavy atom. The Bertz CT molecular complexity index is 676. The molecule has 0 unspecified atom stereocenters. The number of carbonyl (C=O) groups excluding carboxylic acids is 2. The van der Waals surface area contributed by atoms with Crippen LogP contribution >= 0.6 is 15.9 Å². The summed E-state index contributed by atoms with van der Waals surface area (Å²) in [4.78, 5) is 23.0. The molecule has 0 spiro atoms. The first-order valence-electron chi connectivity index (χ1n) is 7.38. The van der Waals surface area contributed by atoms with E-state index in [0.29, 0.717) is 16.9 Å². The highest BCUT2D eigenvalue weighted by molar-refractivity contribution is 9.10. The summed E-state index contributed by atoms with van der Waals surface area (Å²) in [5.41, 5.74) is 0. The van der Waals surface area contributed by atoms with Crippen molar-refractivity contribution < 1.29 is 22.7 Å². The number of hydrogen-bond acceptors (Lipinski definition) is 5. The Balaban J connectivity index is 2.37. The van der Waals surface area contributed by atoms with Gasteiger partial charge in [-0.2, -0.15) is 4.72 Å². The Hall–Kier alpha value is -1.45. The standard InChI is InChI=1S/C15H21BrN2O5S/c1-11(2)6-7-17-14(19)10-23-15(20)9-18-24(21,22)13-5-3-4-12(16)8-13/h3-5,8,11,18H,6-7,9-10H2,1-2H3,(H,17,19). The Labute approximate surface area is 150 Å². The smallest absolute Gasteiger partial charge is 0.321 e. The van der Waals surface area contributed by atoms with Gasteiger partial charge in [0.2, 0.25) is 10.0 Å². The van der Waals surface area contributed by atoms with Crippen molar-refractivity contribution in [1.82, 2.24) is 10.0 Å². The van der Waals surface area contributed by atoms with E-state index in [0.717, 1.165) is 6.42 Å². The molecule has 0 saturated carbocycles. The van der Waals surface area contributed by atoms with Crippen LogP contribution in [0.25, 0.3) is 0 Å². The van der Waals surface area contributed by atoms with Crippen LogP contribution in [0.2, 0.25) is 0 Å². The zero-order chi connectivity index (χ0) is 18.2. The third-order valence-corrected chi connectivity index (χ3v) is 4.81. The Kier molecular flexibility index (Phi) is 8.37. The second kappa shape index (κ2) is 9.75. The highest BCUT2D eigenvalue weighted by Gasteiger charge is 2.16. The van der Waals surface area contributed by atoms with Crippen molar-refractivity contribution in [2.24, 2.45) is 5.92 Å². The molecule has 2 N–H and O–H groups in total. The molecule has 0 aliphatic heterocycles. The van der Waals surface area contributed by atoms with Gasteiger partial charge >= 0.3 is 5.97 Å². The lowest BCUT2D eigenvalue weighted by Crippen LogP contribution is -2.34. The first kappa shape index (κ1) is 20.6. The lowest BCUT2D eigenvalue weighted by Gasteiger charge is -2.09. The summed E-state index contributed by atoms with van der Waals surface area (Å²) < 4.78 is 31.5. The number of ether oxygens (including phenoxy) is 1. The Morgan fingerprint density at radius 1 is 1.29 bits per heavy atom. The first-order chi connectivity index (χ1) is 11.2. The molecule has 24 heavy (non-hydrogen) atoms. The molecule has 1 amide bonds. The molecule has 7 nitrogen and oxygen atoms in total. The number of halogens is 1. The molecule has 0 aliphatic rings. The van der Waals surface area contributed by atoms with Gasteiger partial charge in [0.05, 0.1) is 4.90 Å². The topological polar surface area (TPSA) is 102 Å². The van der Waals surface area contributed by atoms with Crippen LogP contribution in [-0.4, -0.2) is 40.0 Å². The van der Waals surface area contributed by atoms with Crippen LogP contribution in [0.1, 0.15) is 20.3 Å².